The molecule has 0 saturated heterocycles. The van der Waals surface area contributed by atoms with Gasteiger partial charge in [-0.05, 0) is 59.2 Å². The molecule has 1 aliphatic rings. The van der Waals surface area contributed by atoms with Crippen molar-refractivity contribution in [2.75, 3.05) is 6.61 Å². The number of hydrogen-bond donors (Lipinski definition) is 3. The van der Waals surface area contributed by atoms with Gasteiger partial charge in [-0.15, -0.1) is 0 Å². The quantitative estimate of drug-likeness (QED) is 0.221. The van der Waals surface area contributed by atoms with E-state index in [-0.39, 0.29) is 24.3 Å². The maximum atomic E-state index is 12.6. The highest BCUT2D eigenvalue weighted by atomic mass is 35.5. The van der Waals surface area contributed by atoms with Crippen LogP contribution in [0.1, 0.15) is 34.7 Å². The minimum atomic E-state index is -0.134. The Hall–Kier alpha value is -4.03. The summed E-state index contributed by atoms with van der Waals surface area (Å²) in [6.45, 7) is 0.420. The largest absolute Gasteiger partial charge is 0.506 e. The van der Waals surface area contributed by atoms with Crippen LogP contribution in [-0.4, -0.2) is 23.8 Å². The fraction of sp³-hybridized carbons (Fsp3) is 0.172. The van der Waals surface area contributed by atoms with Crippen LogP contribution in [0.15, 0.2) is 84.0 Å². The minimum Gasteiger partial charge on any atom is -0.506 e. The SMILES string of the molecule is O=C(COc1ccc(C=NNCc2ccc(O)c(Cl)c2)c2ccccc12)NC1CCc2ccccc21. The third-order valence-electron chi connectivity index (χ3n) is 6.33. The number of benzene rings is 4. The molecule has 36 heavy (non-hydrogen) atoms. The van der Waals surface area contributed by atoms with Crippen molar-refractivity contribution in [1.29, 1.82) is 0 Å². The number of hydrogen-bond acceptors (Lipinski definition) is 5. The second-order valence-electron chi connectivity index (χ2n) is 8.72. The van der Waals surface area contributed by atoms with Crippen LogP contribution in [0.4, 0.5) is 0 Å². The van der Waals surface area contributed by atoms with Crippen LogP contribution in [0.2, 0.25) is 5.02 Å². The summed E-state index contributed by atoms with van der Waals surface area (Å²) in [7, 11) is 0. The van der Waals surface area contributed by atoms with Gasteiger partial charge in [-0.1, -0.05) is 66.2 Å². The molecular weight excluding hydrogens is 474 g/mol. The Morgan fingerprint density at radius 2 is 1.86 bits per heavy atom. The van der Waals surface area contributed by atoms with Gasteiger partial charge in [0.2, 0.25) is 0 Å². The summed E-state index contributed by atoms with van der Waals surface area (Å²) in [6.07, 6.45) is 3.64. The van der Waals surface area contributed by atoms with Crippen molar-refractivity contribution in [2.24, 2.45) is 5.10 Å². The average Bonchev–Trinajstić information content (AvgIpc) is 3.30. The van der Waals surface area contributed by atoms with Crippen molar-refractivity contribution in [2.45, 2.75) is 25.4 Å². The summed E-state index contributed by atoms with van der Waals surface area (Å²) < 4.78 is 5.93. The number of hydrazone groups is 1. The number of phenolic OH excluding ortho intramolecular Hbond substituents is 1. The Bertz CT molecular complexity index is 1440. The molecule has 1 amide bonds. The van der Waals surface area contributed by atoms with Gasteiger partial charge < -0.3 is 20.6 Å². The third-order valence-corrected chi connectivity index (χ3v) is 6.64. The number of fused-ring (bicyclic) bond motifs is 2. The molecule has 0 aliphatic heterocycles. The molecule has 0 radical (unpaired) electrons. The second-order valence-corrected chi connectivity index (χ2v) is 9.13. The number of carbonyl (C=O) groups excluding carboxylic acids is 1. The molecule has 1 unspecified atom stereocenters. The molecule has 7 heteroatoms. The van der Waals surface area contributed by atoms with Crippen molar-refractivity contribution >= 4 is 34.5 Å². The zero-order valence-electron chi connectivity index (χ0n) is 19.6. The van der Waals surface area contributed by atoms with Gasteiger partial charge in [-0.2, -0.15) is 5.10 Å². The summed E-state index contributed by atoms with van der Waals surface area (Å²) in [5.41, 5.74) is 7.32. The van der Waals surface area contributed by atoms with E-state index in [1.165, 1.54) is 11.1 Å². The van der Waals surface area contributed by atoms with Gasteiger partial charge in [-0.25, -0.2) is 0 Å². The molecule has 182 valence electrons. The summed E-state index contributed by atoms with van der Waals surface area (Å²) >= 11 is 5.96. The van der Waals surface area contributed by atoms with Crippen LogP contribution in [0.3, 0.4) is 0 Å². The lowest BCUT2D eigenvalue weighted by molar-refractivity contribution is -0.123. The van der Waals surface area contributed by atoms with Gasteiger partial charge >= 0.3 is 0 Å². The number of aromatic hydroxyl groups is 1. The molecule has 0 aromatic heterocycles. The van der Waals surface area contributed by atoms with E-state index >= 15 is 0 Å². The van der Waals surface area contributed by atoms with E-state index in [1.54, 1.807) is 24.4 Å². The lowest BCUT2D eigenvalue weighted by Gasteiger charge is -2.15. The van der Waals surface area contributed by atoms with E-state index in [9.17, 15) is 9.90 Å². The molecule has 0 heterocycles. The second kappa shape index (κ2) is 10.7. The van der Waals surface area contributed by atoms with Gasteiger partial charge in [-0.3, -0.25) is 4.79 Å². The number of rotatable bonds is 8. The van der Waals surface area contributed by atoms with E-state index in [4.69, 9.17) is 16.3 Å². The van der Waals surface area contributed by atoms with Gasteiger partial charge in [0, 0.05) is 10.9 Å². The number of carbonyl (C=O) groups is 1. The van der Waals surface area contributed by atoms with Crippen molar-refractivity contribution < 1.29 is 14.6 Å². The molecule has 4 aromatic carbocycles. The van der Waals surface area contributed by atoms with Crippen molar-refractivity contribution in [1.82, 2.24) is 10.7 Å². The third kappa shape index (κ3) is 5.29. The summed E-state index contributed by atoms with van der Waals surface area (Å²) in [5, 5.41) is 19.2. The molecule has 0 bridgehead atoms. The van der Waals surface area contributed by atoms with Crippen molar-refractivity contribution in [3.8, 4) is 11.5 Å². The van der Waals surface area contributed by atoms with Crippen LogP contribution in [-0.2, 0) is 17.8 Å². The summed E-state index contributed by atoms with van der Waals surface area (Å²) in [5.74, 6) is 0.570. The van der Waals surface area contributed by atoms with Crippen LogP contribution in [0, 0.1) is 0 Å². The summed E-state index contributed by atoms with van der Waals surface area (Å²) in [4.78, 5) is 12.6. The highest BCUT2D eigenvalue weighted by Gasteiger charge is 2.23. The van der Waals surface area contributed by atoms with E-state index in [1.807, 2.05) is 48.5 Å². The molecule has 0 saturated carbocycles. The number of phenols is 1. The standard InChI is InChI=1S/C29H26ClN3O3/c30-25-15-19(9-13-27(25)34)16-31-32-17-21-11-14-28(24-8-4-3-6-22(21)24)36-18-29(35)33-26-12-10-20-5-1-2-7-23(20)26/h1-9,11,13-15,17,26,31,34H,10,12,16,18H2,(H,33,35). The Labute approximate surface area is 214 Å². The van der Waals surface area contributed by atoms with Gasteiger partial charge in [0.25, 0.3) is 5.91 Å². The van der Waals surface area contributed by atoms with Crippen molar-refractivity contribution in [3.05, 3.63) is 106 Å². The Morgan fingerprint density at radius 3 is 2.72 bits per heavy atom. The predicted molar refractivity (Wildman–Crippen MR) is 143 cm³/mol. The lowest BCUT2D eigenvalue weighted by Crippen LogP contribution is -2.31. The van der Waals surface area contributed by atoms with Crippen LogP contribution < -0.4 is 15.5 Å². The fourth-order valence-electron chi connectivity index (χ4n) is 4.53. The number of nitrogens with one attached hydrogen (secondary N) is 2. The van der Waals surface area contributed by atoms with Crippen LogP contribution >= 0.6 is 11.6 Å². The maximum absolute atomic E-state index is 12.6. The van der Waals surface area contributed by atoms with Crippen molar-refractivity contribution in [3.63, 3.8) is 0 Å². The number of halogens is 1. The number of ether oxygens (including phenoxy) is 1. The smallest absolute Gasteiger partial charge is 0.258 e. The zero-order valence-corrected chi connectivity index (χ0v) is 20.3. The number of aryl methyl sites for hydroxylation is 1. The molecule has 5 rings (SSSR count). The van der Waals surface area contributed by atoms with E-state index < -0.39 is 0 Å². The monoisotopic (exact) mass is 499 g/mol. The van der Waals surface area contributed by atoms with E-state index in [0.717, 1.165) is 34.7 Å². The Kier molecular flexibility index (Phi) is 7.05. The first-order chi connectivity index (χ1) is 17.6. The van der Waals surface area contributed by atoms with Gasteiger partial charge in [0.1, 0.15) is 11.5 Å². The zero-order chi connectivity index (χ0) is 24.9. The first kappa shape index (κ1) is 23.7. The minimum absolute atomic E-state index is 0.0396. The maximum Gasteiger partial charge on any atom is 0.258 e. The predicted octanol–water partition coefficient (Wildman–Crippen LogP) is 5.51. The van der Waals surface area contributed by atoms with E-state index in [2.05, 4.69) is 28.0 Å². The molecule has 1 aliphatic carbocycles. The highest BCUT2D eigenvalue weighted by Crippen LogP contribution is 2.31. The molecule has 0 fully saturated rings. The molecule has 4 aromatic rings. The fourth-order valence-corrected chi connectivity index (χ4v) is 4.74. The van der Waals surface area contributed by atoms with Gasteiger partial charge in [0.15, 0.2) is 6.61 Å². The molecule has 6 nitrogen and oxygen atoms in total. The topological polar surface area (TPSA) is 83.0 Å². The van der Waals surface area contributed by atoms with Crippen LogP contribution in [0.5, 0.6) is 11.5 Å². The highest BCUT2D eigenvalue weighted by molar-refractivity contribution is 6.32. The molecule has 0 spiro atoms. The Balaban J connectivity index is 1.22. The number of nitrogens with zero attached hydrogens (tertiary/aromatic N) is 1. The first-order valence-electron chi connectivity index (χ1n) is 11.8. The van der Waals surface area contributed by atoms with Crippen LogP contribution in [0.25, 0.3) is 10.8 Å². The van der Waals surface area contributed by atoms with E-state index in [0.29, 0.717) is 17.3 Å². The molecular formula is C29H26ClN3O3. The Morgan fingerprint density at radius 1 is 1.06 bits per heavy atom. The normalized spacial score (nSPS) is 14.6. The number of amides is 1. The average molecular weight is 500 g/mol. The molecule has 3 N–H and O–H groups in total. The molecule has 1 atom stereocenters. The first-order valence-corrected chi connectivity index (χ1v) is 12.2. The summed E-state index contributed by atoms with van der Waals surface area (Å²) in [6, 6.07) is 25.0. The van der Waals surface area contributed by atoms with Gasteiger partial charge in [0.05, 0.1) is 23.8 Å². The lowest BCUT2D eigenvalue weighted by atomic mass is 10.0.